The first kappa shape index (κ1) is 13.3. The first-order valence-corrected chi connectivity index (χ1v) is 7.19. The largest absolute Gasteiger partial charge is 0.378 e. The van der Waals surface area contributed by atoms with Gasteiger partial charge in [0.1, 0.15) is 0 Å². The van der Waals surface area contributed by atoms with Gasteiger partial charge in [0.2, 0.25) is 0 Å². The van der Waals surface area contributed by atoms with E-state index in [1.165, 1.54) is 19.3 Å². The van der Waals surface area contributed by atoms with Crippen LogP contribution in [0.1, 0.15) is 52.4 Å². The second-order valence-electron chi connectivity index (χ2n) is 5.83. The van der Waals surface area contributed by atoms with E-state index in [-0.39, 0.29) is 5.60 Å². The van der Waals surface area contributed by atoms with Crippen molar-refractivity contribution >= 4 is 0 Å². The molecular formula is C14H27NO2. The van der Waals surface area contributed by atoms with E-state index in [1.807, 2.05) is 0 Å². The Bertz CT molecular complexity index is 226. The third kappa shape index (κ3) is 3.94. The summed E-state index contributed by atoms with van der Waals surface area (Å²) in [6, 6.07) is 0.580. The number of nitrogens with one attached hydrogen (secondary N) is 1. The van der Waals surface area contributed by atoms with E-state index in [0.717, 1.165) is 39.0 Å². The first-order chi connectivity index (χ1) is 8.20. The summed E-state index contributed by atoms with van der Waals surface area (Å²) in [6.07, 6.45) is 7.62. The fourth-order valence-electron chi connectivity index (χ4n) is 2.76. The van der Waals surface area contributed by atoms with Crippen LogP contribution in [0.5, 0.6) is 0 Å². The van der Waals surface area contributed by atoms with Crippen molar-refractivity contribution in [2.45, 2.75) is 70.1 Å². The lowest BCUT2D eigenvalue weighted by Crippen LogP contribution is -2.47. The summed E-state index contributed by atoms with van der Waals surface area (Å²) in [6.45, 7) is 7.21. The van der Waals surface area contributed by atoms with Crippen LogP contribution in [0.2, 0.25) is 0 Å². The van der Waals surface area contributed by atoms with Crippen molar-refractivity contribution in [2.24, 2.45) is 0 Å². The van der Waals surface area contributed by atoms with E-state index in [9.17, 15) is 0 Å². The van der Waals surface area contributed by atoms with Gasteiger partial charge in [-0.1, -0.05) is 13.8 Å². The van der Waals surface area contributed by atoms with Crippen molar-refractivity contribution in [2.75, 3.05) is 19.8 Å². The van der Waals surface area contributed by atoms with Gasteiger partial charge in [-0.15, -0.1) is 0 Å². The van der Waals surface area contributed by atoms with Crippen molar-refractivity contribution in [3.8, 4) is 0 Å². The molecule has 2 aliphatic rings. The molecule has 1 heterocycles. The Kier molecular flexibility index (Phi) is 4.83. The SMILES string of the molecule is CC(C)NCCCOC1CCOC2(CCC2)C1. The van der Waals surface area contributed by atoms with Crippen LogP contribution in [0, 0.1) is 0 Å². The summed E-state index contributed by atoms with van der Waals surface area (Å²) < 4.78 is 11.9. The Morgan fingerprint density at radius 1 is 1.41 bits per heavy atom. The topological polar surface area (TPSA) is 30.5 Å². The highest BCUT2D eigenvalue weighted by molar-refractivity contribution is 4.94. The molecule has 2 fully saturated rings. The van der Waals surface area contributed by atoms with Crippen molar-refractivity contribution < 1.29 is 9.47 Å². The van der Waals surface area contributed by atoms with Gasteiger partial charge in [-0.3, -0.25) is 0 Å². The predicted octanol–water partition coefficient (Wildman–Crippen LogP) is 2.49. The normalized spacial score (nSPS) is 27.4. The average molecular weight is 241 g/mol. The fraction of sp³-hybridized carbons (Fsp3) is 1.00. The Morgan fingerprint density at radius 3 is 2.88 bits per heavy atom. The highest BCUT2D eigenvalue weighted by Gasteiger charge is 2.42. The summed E-state index contributed by atoms with van der Waals surface area (Å²) in [7, 11) is 0. The minimum atomic E-state index is 0.221. The summed E-state index contributed by atoms with van der Waals surface area (Å²) in [4.78, 5) is 0. The highest BCUT2D eigenvalue weighted by atomic mass is 16.5. The maximum atomic E-state index is 5.98. The summed E-state index contributed by atoms with van der Waals surface area (Å²) in [5.41, 5.74) is 0.221. The zero-order valence-corrected chi connectivity index (χ0v) is 11.3. The maximum Gasteiger partial charge on any atom is 0.0707 e. The molecule has 1 spiro atoms. The lowest BCUT2D eigenvalue weighted by Gasteiger charge is -2.47. The van der Waals surface area contributed by atoms with Crippen molar-refractivity contribution in [3.63, 3.8) is 0 Å². The Balaban J connectivity index is 1.56. The molecule has 0 amide bonds. The molecule has 0 aromatic rings. The lowest BCUT2D eigenvalue weighted by molar-refractivity contribution is -0.169. The maximum absolute atomic E-state index is 5.98. The molecule has 1 saturated carbocycles. The first-order valence-electron chi connectivity index (χ1n) is 7.19. The smallest absolute Gasteiger partial charge is 0.0707 e. The van der Waals surface area contributed by atoms with Crippen LogP contribution in [0.3, 0.4) is 0 Å². The Labute approximate surface area is 105 Å². The van der Waals surface area contributed by atoms with Crippen LogP contribution < -0.4 is 5.32 Å². The van der Waals surface area contributed by atoms with Gasteiger partial charge < -0.3 is 14.8 Å². The van der Waals surface area contributed by atoms with E-state index in [0.29, 0.717) is 12.1 Å². The summed E-state index contributed by atoms with van der Waals surface area (Å²) >= 11 is 0. The number of rotatable bonds is 6. The van der Waals surface area contributed by atoms with Gasteiger partial charge in [0.25, 0.3) is 0 Å². The predicted molar refractivity (Wildman–Crippen MR) is 69.3 cm³/mol. The monoisotopic (exact) mass is 241 g/mol. The molecule has 0 bridgehead atoms. The molecule has 1 N–H and O–H groups in total. The molecule has 3 heteroatoms. The van der Waals surface area contributed by atoms with Gasteiger partial charge in [-0.2, -0.15) is 0 Å². The van der Waals surface area contributed by atoms with Crippen LogP contribution in [0.15, 0.2) is 0 Å². The van der Waals surface area contributed by atoms with Crippen molar-refractivity contribution in [3.05, 3.63) is 0 Å². The summed E-state index contributed by atoms with van der Waals surface area (Å²) in [5, 5.41) is 3.42. The molecule has 1 atom stereocenters. The van der Waals surface area contributed by atoms with Gasteiger partial charge in [-0.05, 0) is 38.6 Å². The molecule has 1 unspecified atom stereocenters. The quantitative estimate of drug-likeness (QED) is 0.725. The zero-order chi connectivity index (χ0) is 12.1. The minimum absolute atomic E-state index is 0.221. The molecule has 17 heavy (non-hydrogen) atoms. The standard InChI is InChI=1S/C14H27NO2/c1-12(2)15-8-4-9-16-13-5-10-17-14(11-13)6-3-7-14/h12-13,15H,3-11H2,1-2H3. The Hall–Kier alpha value is -0.120. The third-order valence-corrected chi connectivity index (χ3v) is 3.94. The molecule has 1 saturated heterocycles. The molecule has 1 aliphatic carbocycles. The van der Waals surface area contributed by atoms with Gasteiger partial charge in [0.05, 0.1) is 11.7 Å². The van der Waals surface area contributed by atoms with Crippen LogP contribution in [0.25, 0.3) is 0 Å². The zero-order valence-electron chi connectivity index (χ0n) is 11.3. The van der Waals surface area contributed by atoms with Gasteiger partial charge >= 0.3 is 0 Å². The van der Waals surface area contributed by atoms with E-state index >= 15 is 0 Å². The number of ether oxygens (including phenoxy) is 2. The highest BCUT2D eigenvalue weighted by Crippen LogP contribution is 2.42. The minimum Gasteiger partial charge on any atom is -0.378 e. The Morgan fingerprint density at radius 2 is 2.24 bits per heavy atom. The second-order valence-corrected chi connectivity index (χ2v) is 5.83. The molecular weight excluding hydrogens is 214 g/mol. The molecule has 0 radical (unpaired) electrons. The van der Waals surface area contributed by atoms with Crippen LogP contribution in [-0.2, 0) is 9.47 Å². The van der Waals surface area contributed by atoms with Gasteiger partial charge in [0, 0.05) is 25.7 Å². The summed E-state index contributed by atoms with van der Waals surface area (Å²) in [5.74, 6) is 0. The van der Waals surface area contributed by atoms with E-state index in [2.05, 4.69) is 19.2 Å². The van der Waals surface area contributed by atoms with Gasteiger partial charge in [-0.25, -0.2) is 0 Å². The molecule has 1 aliphatic heterocycles. The van der Waals surface area contributed by atoms with Crippen LogP contribution in [-0.4, -0.2) is 37.5 Å². The second kappa shape index (κ2) is 6.17. The van der Waals surface area contributed by atoms with E-state index < -0.39 is 0 Å². The lowest BCUT2D eigenvalue weighted by atomic mass is 9.74. The molecule has 100 valence electrons. The van der Waals surface area contributed by atoms with E-state index in [1.54, 1.807) is 0 Å². The van der Waals surface area contributed by atoms with Crippen molar-refractivity contribution in [1.82, 2.24) is 5.32 Å². The van der Waals surface area contributed by atoms with Gasteiger partial charge in [0.15, 0.2) is 0 Å². The fourth-order valence-corrected chi connectivity index (χ4v) is 2.76. The third-order valence-electron chi connectivity index (χ3n) is 3.94. The van der Waals surface area contributed by atoms with Crippen LogP contribution in [0.4, 0.5) is 0 Å². The van der Waals surface area contributed by atoms with Crippen molar-refractivity contribution in [1.29, 1.82) is 0 Å². The number of hydrogen-bond donors (Lipinski definition) is 1. The average Bonchev–Trinajstić information content (AvgIpc) is 2.26. The molecule has 2 rings (SSSR count). The molecule has 0 aromatic heterocycles. The van der Waals surface area contributed by atoms with E-state index in [4.69, 9.17) is 9.47 Å². The number of hydrogen-bond acceptors (Lipinski definition) is 3. The molecule has 0 aromatic carbocycles. The molecule has 3 nitrogen and oxygen atoms in total. The van der Waals surface area contributed by atoms with Crippen LogP contribution >= 0.6 is 0 Å².